The fraction of sp³-hybridized carbons (Fsp3) is 0.349. The van der Waals surface area contributed by atoms with Crippen LogP contribution in [0.15, 0.2) is 90.2 Å². The van der Waals surface area contributed by atoms with Crippen LogP contribution < -0.4 is 10.6 Å². The third kappa shape index (κ3) is 8.69. The standard InChI is InChI=1S/C43H47N7O7/c1-26(46-42(54)56-2)40(52)49-20-4-6-37(49)34-23-32(24-44-34)30-12-10-28(11-13-30)29-14-16-31(17-15-29)36-25-45-39(47-36)38-7-5-21-50(38)41(53)35(48-43(55)57-3)22-27-8-18-33(51)19-9-27/h8-19,24-26,35,37-38,51H,4-7,20-23H2,1-3H3,(H,45,47)(H,46,54)(H,48,55)/t26-,35-,37-,38-/m0/s1. The number of hydrogen-bond donors (Lipinski definition) is 4. The van der Waals surface area contributed by atoms with Crippen molar-refractivity contribution in [2.75, 3.05) is 27.3 Å². The Hall–Kier alpha value is -6.44. The molecule has 4 atom stereocenters. The lowest BCUT2D eigenvalue weighted by atomic mass is 9.96. The van der Waals surface area contributed by atoms with Gasteiger partial charge in [-0.2, -0.15) is 0 Å². The number of aromatic nitrogens is 2. The van der Waals surface area contributed by atoms with Gasteiger partial charge in [-0.25, -0.2) is 14.6 Å². The zero-order valence-corrected chi connectivity index (χ0v) is 32.2. The second-order valence-electron chi connectivity index (χ2n) is 14.6. The SMILES string of the molecule is COC(=O)N[C@@H](C)C(=O)N1CCC[C@H]1C1=NC=C(c2ccc(-c3ccc(-c4cnc([C@@H]5CCCN5C(=O)[C@H](Cc5ccc(O)cc5)NC(=O)OC)[nH]4)cc3)cc2)C1. The number of carbonyl (C=O) groups is 4. The number of carbonyl (C=O) groups excluding carboxylic acids is 4. The number of aromatic hydroxyl groups is 1. The number of phenols is 1. The molecular formula is C43H47N7O7. The number of imidazole rings is 1. The van der Waals surface area contributed by atoms with Crippen LogP contribution in [0.4, 0.5) is 9.59 Å². The lowest BCUT2D eigenvalue weighted by molar-refractivity contribution is -0.134. The Morgan fingerprint density at radius 2 is 1.37 bits per heavy atom. The number of alkyl carbamates (subject to hydrolysis) is 2. The minimum Gasteiger partial charge on any atom is -0.508 e. The molecule has 0 spiro atoms. The molecule has 4 amide bonds. The molecule has 3 aliphatic rings. The average molecular weight is 774 g/mol. The number of benzene rings is 3. The molecule has 3 aromatic carbocycles. The Balaban J connectivity index is 0.970. The second kappa shape index (κ2) is 17.1. The minimum absolute atomic E-state index is 0.0957. The van der Waals surface area contributed by atoms with Crippen LogP contribution in [0.25, 0.3) is 28.0 Å². The average Bonchev–Trinajstić information content (AvgIpc) is 4.08. The van der Waals surface area contributed by atoms with Gasteiger partial charge in [-0.05, 0) is 78.1 Å². The summed E-state index contributed by atoms with van der Waals surface area (Å²) >= 11 is 0. The summed E-state index contributed by atoms with van der Waals surface area (Å²) in [5, 5.41) is 15.0. The van der Waals surface area contributed by atoms with Crippen LogP contribution in [-0.4, -0.2) is 100 Å². The van der Waals surface area contributed by atoms with Crippen LogP contribution in [0.3, 0.4) is 0 Å². The summed E-state index contributed by atoms with van der Waals surface area (Å²) in [5.74, 6) is 0.437. The summed E-state index contributed by atoms with van der Waals surface area (Å²) in [4.78, 5) is 67.3. The minimum atomic E-state index is -0.854. The molecule has 14 heteroatoms. The number of hydrogen-bond acceptors (Lipinski definition) is 9. The zero-order chi connectivity index (χ0) is 40.1. The lowest BCUT2D eigenvalue weighted by Crippen LogP contribution is -2.50. The third-order valence-corrected chi connectivity index (χ3v) is 11.0. The smallest absolute Gasteiger partial charge is 0.407 e. The number of nitrogens with one attached hydrogen (secondary N) is 3. The topological polar surface area (TPSA) is 179 Å². The molecule has 0 radical (unpaired) electrons. The number of nitrogens with zero attached hydrogens (tertiary/aromatic N) is 4. The molecule has 2 fully saturated rings. The predicted molar refractivity (Wildman–Crippen MR) is 214 cm³/mol. The first-order chi connectivity index (χ1) is 27.6. The number of allylic oxidation sites excluding steroid dienone is 1. The molecule has 4 N–H and O–H groups in total. The highest BCUT2D eigenvalue weighted by Crippen LogP contribution is 2.34. The van der Waals surface area contributed by atoms with Gasteiger partial charge >= 0.3 is 12.2 Å². The van der Waals surface area contributed by atoms with Crippen LogP contribution in [0.5, 0.6) is 5.75 Å². The van der Waals surface area contributed by atoms with Crippen molar-refractivity contribution in [2.45, 2.75) is 69.6 Å². The molecule has 57 heavy (non-hydrogen) atoms. The van der Waals surface area contributed by atoms with Gasteiger partial charge < -0.3 is 40.0 Å². The summed E-state index contributed by atoms with van der Waals surface area (Å²) in [6, 6.07) is 21.3. The van der Waals surface area contributed by atoms with Gasteiger partial charge in [-0.15, -0.1) is 0 Å². The number of H-pyrrole nitrogens is 1. The van der Waals surface area contributed by atoms with E-state index in [1.165, 1.54) is 14.2 Å². The van der Waals surface area contributed by atoms with Crippen LogP contribution in [0.2, 0.25) is 0 Å². The highest BCUT2D eigenvalue weighted by Gasteiger charge is 2.38. The molecule has 4 heterocycles. The largest absolute Gasteiger partial charge is 0.508 e. The van der Waals surface area contributed by atoms with Crippen LogP contribution >= 0.6 is 0 Å². The normalized spacial score (nSPS) is 18.7. The monoisotopic (exact) mass is 773 g/mol. The van der Waals surface area contributed by atoms with E-state index >= 15 is 0 Å². The number of methoxy groups -OCH3 is 2. The van der Waals surface area contributed by atoms with Crippen LogP contribution in [-0.2, 0) is 25.5 Å². The summed E-state index contributed by atoms with van der Waals surface area (Å²) in [6.45, 7) is 2.83. The maximum Gasteiger partial charge on any atom is 0.407 e. The number of phenolic OH excluding ortho intramolecular Hbond substituents is 1. The van der Waals surface area contributed by atoms with Gasteiger partial charge in [-0.1, -0.05) is 60.7 Å². The van der Waals surface area contributed by atoms with Crippen molar-refractivity contribution in [1.82, 2.24) is 30.4 Å². The first-order valence-corrected chi connectivity index (χ1v) is 19.2. The number of rotatable bonds is 11. The van der Waals surface area contributed by atoms with E-state index in [0.29, 0.717) is 25.3 Å². The first-order valence-electron chi connectivity index (χ1n) is 19.2. The van der Waals surface area contributed by atoms with Crippen molar-refractivity contribution in [3.05, 3.63) is 102 Å². The third-order valence-electron chi connectivity index (χ3n) is 11.0. The van der Waals surface area contributed by atoms with Crippen LogP contribution in [0, 0.1) is 0 Å². The molecule has 1 aromatic heterocycles. The Kier molecular flexibility index (Phi) is 11.7. The van der Waals surface area contributed by atoms with Crippen molar-refractivity contribution in [1.29, 1.82) is 0 Å². The fourth-order valence-corrected chi connectivity index (χ4v) is 7.91. The number of aromatic amines is 1. The van der Waals surface area contributed by atoms with Crippen molar-refractivity contribution in [2.24, 2.45) is 4.99 Å². The summed E-state index contributed by atoms with van der Waals surface area (Å²) in [6.07, 6.45) is 6.50. The van der Waals surface area contributed by atoms with E-state index < -0.39 is 24.3 Å². The number of amides is 4. The summed E-state index contributed by atoms with van der Waals surface area (Å²) in [7, 11) is 2.54. The van der Waals surface area contributed by atoms with Gasteiger partial charge in [0.05, 0.1) is 38.2 Å². The van der Waals surface area contributed by atoms with Gasteiger partial charge in [0, 0.05) is 37.8 Å². The fourth-order valence-electron chi connectivity index (χ4n) is 7.91. The van der Waals surface area contributed by atoms with Crippen molar-refractivity contribution in [3.63, 3.8) is 0 Å². The molecule has 0 aliphatic carbocycles. The van der Waals surface area contributed by atoms with E-state index in [9.17, 15) is 24.3 Å². The Morgan fingerprint density at radius 3 is 2.02 bits per heavy atom. The Morgan fingerprint density at radius 1 is 0.789 bits per heavy atom. The molecule has 14 nitrogen and oxygen atoms in total. The van der Waals surface area contributed by atoms with Crippen LogP contribution in [0.1, 0.15) is 62.0 Å². The molecule has 4 aromatic rings. The van der Waals surface area contributed by atoms with Crippen molar-refractivity contribution in [3.8, 4) is 28.1 Å². The first kappa shape index (κ1) is 38.8. The van der Waals surface area contributed by atoms with E-state index in [2.05, 4.69) is 61.7 Å². The Labute approximate surface area is 331 Å². The highest BCUT2D eigenvalue weighted by atomic mass is 16.5. The number of aliphatic imine (C=N–C) groups is 1. The summed E-state index contributed by atoms with van der Waals surface area (Å²) in [5.41, 5.74) is 7.83. The molecule has 296 valence electrons. The molecule has 0 bridgehead atoms. The van der Waals surface area contributed by atoms with Crippen molar-refractivity contribution < 1.29 is 33.8 Å². The van der Waals surface area contributed by atoms with Gasteiger partial charge in [-0.3, -0.25) is 14.6 Å². The number of ether oxygens (including phenoxy) is 2. The lowest BCUT2D eigenvalue weighted by Gasteiger charge is -2.28. The summed E-state index contributed by atoms with van der Waals surface area (Å²) < 4.78 is 9.47. The highest BCUT2D eigenvalue weighted by molar-refractivity contribution is 6.03. The number of likely N-dealkylation sites (tertiary alicyclic amines) is 2. The van der Waals surface area contributed by atoms with Gasteiger partial charge in [0.1, 0.15) is 23.7 Å². The quantitative estimate of drug-likeness (QED) is 0.143. The molecule has 7 rings (SSSR count). The van der Waals surface area contributed by atoms with Gasteiger partial charge in [0.2, 0.25) is 11.8 Å². The van der Waals surface area contributed by atoms with Crippen molar-refractivity contribution >= 4 is 35.3 Å². The molecule has 0 unspecified atom stereocenters. The second-order valence-corrected chi connectivity index (χ2v) is 14.6. The molecular weight excluding hydrogens is 727 g/mol. The maximum absolute atomic E-state index is 13.9. The van der Waals surface area contributed by atoms with E-state index in [1.807, 2.05) is 23.2 Å². The van der Waals surface area contributed by atoms with E-state index in [1.54, 1.807) is 42.3 Å². The molecule has 0 saturated carbocycles. The zero-order valence-electron chi connectivity index (χ0n) is 32.2. The molecule has 3 aliphatic heterocycles. The molecule has 2 saturated heterocycles. The van der Waals surface area contributed by atoms with E-state index in [4.69, 9.17) is 9.73 Å². The Bertz CT molecular complexity index is 2160. The van der Waals surface area contributed by atoms with Gasteiger partial charge in [0.15, 0.2) is 0 Å². The van der Waals surface area contributed by atoms with E-state index in [-0.39, 0.29) is 36.1 Å². The maximum atomic E-state index is 13.9. The van der Waals surface area contributed by atoms with Gasteiger partial charge in [0.25, 0.3) is 0 Å². The van der Waals surface area contributed by atoms with E-state index in [0.717, 1.165) is 70.5 Å². The predicted octanol–water partition coefficient (Wildman–Crippen LogP) is 6.00.